The maximum absolute atomic E-state index is 12.6. The van der Waals surface area contributed by atoms with Crippen molar-refractivity contribution in [3.8, 4) is 5.88 Å². The fourth-order valence-electron chi connectivity index (χ4n) is 4.13. The molecule has 1 amide bonds. The predicted octanol–water partition coefficient (Wildman–Crippen LogP) is 0.855. The molecule has 3 aromatic heterocycles. The lowest BCUT2D eigenvalue weighted by atomic mass is 9.97. The number of carbonyl (C=O) groups is 1. The average Bonchev–Trinajstić information content (AvgIpc) is 3.11. The van der Waals surface area contributed by atoms with E-state index in [1.165, 1.54) is 13.3 Å². The fraction of sp³-hybridized carbons (Fsp3) is 0.476. The number of aromatic nitrogens is 5. The maximum Gasteiger partial charge on any atom is 0.277 e. The molecule has 3 aromatic rings. The van der Waals surface area contributed by atoms with Crippen LogP contribution >= 0.6 is 0 Å². The van der Waals surface area contributed by atoms with E-state index >= 15 is 0 Å². The largest absolute Gasteiger partial charge is 0.478 e. The van der Waals surface area contributed by atoms with Crippen molar-refractivity contribution in [2.24, 2.45) is 5.92 Å². The highest BCUT2D eigenvalue weighted by Gasteiger charge is 2.34. The average molecular weight is 438 g/mol. The lowest BCUT2D eigenvalue weighted by molar-refractivity contribution is -0.0372. The summed E-state index contributed by atoms with van der Waals surface area (Å²) in [6.07, 6.45) is 7.05. The molecular formula is C21H26N8O3. The first-order valence-electron chi connectivity index (χ1n) is 10.6. The Balaban J connectivity index is 1.18. The summed E-state index contributed by atoms with van der Waals surface area (Å²) in [5.41, 5.74) is 1.64. The van der Waals surface area contributed by atoms with E-state index in [-0.39, 0.29) is 11.6 Å². The van der Waals surface area contributed by atoms with Crippen molar-refractivity contribution in [1.29, 1.82) is 0 Å². The number of anilines is 2. The zero-order valence-electron chi connectivity index (χ0n) is 18.4. The number of methoxy groups -OCH3 is 2. The van der Waals surface area contributed by atoms with Crippen LogP contribution in [0.1, 0.15) is 16.2 Å². The zero-order chi connectivity index (χ0) is 22.2. The zero-order valence-corrected chi connectivity index (χ0v) is 18.4. The second-order valence-electron chi connectivity index (χ2n) is 8.31. The van der Waals surface area contributed by atoms with Gasteiger partial charge in [0, 0.05) is 51.9 Å². The third-order valence-corrected chi connectivity index (χ3v) is 5.89. The van der Waals surface area contributed by atoms with E-state index in [0.717, 1.165) is 44.2 Å². The smallest absolute Gasteiger partial charge is 0.277 e. The quantitative estimate of drug-likeness (QED) is 0.574. The molecule has 11 heteroatoms. The number of rotatable bonds is 7. The fourth-order valence-corrected chi connectivity index (χ4v) is 4.13. The third kappa shape index (κ3) is 3.96. The van der Waals surface area contributed by atoms with E-state index in [2.05, 4.69) is 35.1 Å². The molecule has 0 atom stereocenters. The van der Waals surface area contributed by atoms with Crippen LogP contribution in [0.15, 0.2) is 24.8 Å². The molecule has 2 aliphatic heterocycles. The number of hydrogen-bond acceptors (Lipinski definition) is 9. The SMILES string of the molecule is COc1nc(NC(=O)c2cnc(N3CC(CN4CC(OC)C4)C3)cn2)cn2cc(C)nc12. The van der Waals surface area contributed by atoms with Crippen LogP contribution in [0.2, 0.25) is 0 Å². The van der Waals surface area contributed by atoms with Crippen LogP contribution in [0.25, 0.3) is 5.65 Å². The normalized spacial score (nSPS) is 17.3. The summed E-state index contributed by atoms with van der Waals surface area (Å²) >= 11 is 0. The van der Waals surface area contributed by atoms with Gasteiger partial charge in [-0.05, 0) is 6.92 Å². The van der Waals surface area contributed by atoms with Crippen LogP contribution in [0, 0.1) is 12.8 Å². The molecule has 0 unspecified atom stereocenters. The second kappa shape index (κ2) is 8.32. The lowest BCUT2D eigenvalue weighted by Crippen LogP contribution is -2.58. The molecule has 1 N–H and O–H groups in total. The van der Waals surface area contributed by atoms with E-state index in [9.17, 15) is 4.79 Å². The van der Waals surface area contributed by atoms with Gasteiger partial charge < -0.3 is 19.7 Å². The highest BCUT2D eigenvalue weighted by atomic mass is 16.5. The standard InChI is InChI=1S/C21H26N8O3/c1-13-6-29-12-17(26-21(32-3)19(29)24-13)25-20(30)16-4-23-18(5-22-16)28-8-14(9-28)7-27-10-15(11-27)31-2/h4-6,12,14-15H,7-11H2,1-3H3,(H,25,30). The number of nitrogens with one attached hydrogen (secondary N) is 1. The molecule has 32 heavy (non-hydrogen) atoms. The van der Waals surface area contributed by atoms with Crippen LogP contribution < -0.4 is 15.0 Å². The Labute approximate surface area is 185 Å². The van der Waals surface area contributed by atoms with Crippen LogP contribution in [0.3, 0.4) is 0 Å². The minimum absolute atomic E-state index is 0.222. The van der Waals surface area contributed by atoms with Crippen molar-refractivity contribution in [2.45, 2.75) is 13.0 Å². The molecule has 11 nitrogen and oxygen atoms in total. The summed E-state index contributed by atoms with van der Waals surface area (Å²) in [5.74, 6) is 1.70. The van der Waals surface area contributed by atoms with Crippen LogP contribution in [-0.2, 0) is 4.74 Å². The van der Waals surface area contributed by atoms with E-state index in [1.807, 2.05) is 13.1 Å². The Hall–Kier alpha value is -3.31. The summed E-state index contributed by atoms with van der Waals surface area (Å²) in [4.78, 5) is 34.6. The molecule has 0 bridgehead atoms. The molecule has 2 fully saturated rings. The van der Waals surface area contributed by atoms with E-state index in [0.29, 0.717) is 29.4 Å². The predicted molar refractivity (Wildman–Crippen MR) is 117 cm³/mol. The number of aryl methyl sites for hydroxylation is 1. The van der Waals surface area contributed by atoms with Gasteiger partial charge in [0.05, 0.1) is 37.5 Å². The molecule has 0 radical (unpaired) electrons. The van der Waals surface area contributed by atoms with Gasteiger partial charge in [0.1, 0.15) is 11.5 Å². The minimum atomic E-state index is -0.387. The van der Waals surface area contributed by atoms with Gasteiger partial charge in [-0.15, -0.1) is 0 Å². The molecule has 5 heterocycles. The van der Waals surface area contributed by atoms with Crippen molar-refractivity contribution < 1.29 is 14.3 Å². The molecule has 0 spiro atoms. The first-order chi connectivity index (χ1) is 15.5. The monoisotopic (exact) mass is 438 g/mol. The Bertz CT molecular complexity index is 1120. The van der Waals surface area contributed by atoms with Gasteiger partial charge in [-0.1, -0.05) is 0 Å². The molecule has 2 aliphatic rings. The molecule has 168 valence electrons. The number of nitrogens with zero attached hydrogens (tertiary/aromatic N) is 7. The van der Waals surface area contributed by atoms with Crippen molar-refractivity contribution in [3.63, 3.8) is 0 Å². The van der Waals surface area contributed by atoms with Crippen molar-refractivity contribution in [2.75, 3.05) is 57.2 Å². The minimum Gasteiger partial charge on any atom is -0.478 e. The van der Waals surface area contributed by atoms with Crippen molar-refractivity contribution >= 4 is 23.2 Å². The molecule has 2 saturated heterocycles. The molecular weight excluding hydrogens is 412 g/mol. The Morgan fingerprint density at radius 3 is 2.62 bits per heavy atom. The number of hydrogen-bond donors (Lipinski definition) is 1. The summed E-state index contributed by atoms with van der Waals surface area (Å²) in [7, 11) is 3.28. The van der Waals surface area contributed by atoms with E-state index < -0.39 is 0 Å². The topological polar surface area (TPSA) is 110 Å². The van der Waals surface area contributed by atoms with Gasteiger partial charge in [0.15, 0.2) is 5.82 Å². The number of carbonyl (C=O) groups excluding carboxylic acids is 1. The number of amides is 1. The number of imidazole rings is 1. The van der Waals surface area contributed by atoms with Gasteiger partial charge >= 0.3 is 0 Å². The highest BCUT2D eigenvalue weighted by molar-refractivity contribution is 6.02. The second-order valence-corrected chi connectivity index (χ2v) is 8.31. The Morgan fingerprint density at radius 1 is 1.12 bits per heavy atom. The third-order valence-electron chi connectivity index (χ3n) is 5.89. The molecule has 5 rings (SSSR count). The lowest BCUT2D eigenvalue weighted by Gasteiger charge is -2.46. The van der Waals surface area contributed by atoms with Crippen LogP contribution in [-0.4, -0.2) is 88.2 Å². The van der Waals surface area contributed by atoms with Gasteiger partial charge in [0.2, 0.25) is 5.65 Å². The summed E-state index contributed by atoms with van der Waals surface area (Å²) in [6.45, 7) is 6.89. The van der Waals surface area contributed by atoms with Gasteiger partial charge in [-0.3, -0.25) is 14.1 Å². The number of ether oxygens (including phenoxy) is 2. The molecule has 0 aliphatic carbocycles. The summed E-state index contributed by atoms with van der Waals surface area (Å²) in [5, 5.41) is 2.75. The van der Waals surface area contributed by atoms with Crippen LogP contribution in [0.5, 0.6) is 5.88 Å². The van der Waals surface area contributed by atoms with Crippen molar-refractivity contribution in [1.82, 2.24) is 29.2 Å². The first-order valence-corrected chi connectivity index (χ1v) is 10.6. The Kier molecular flexibility index (Phi) is 5.35. The van der Waals surface area contributed by atoms with E-state index in [4.69, 9.17) is 9.47 Å². The van der Waals surface area contributed by atoms with Crippen LogP contribution in [0.4, 0.5) is 11.6 Å². The molecule has 0 saturated carbocycles. The molecule has 0 aromatic carbocycles. The van der Waals surface area contributed by atoms with Gasteiger partial charge in [-0.2, -0.15) is 4.98 Å². The number of likely N-dealkylation sites (tertiary alicyclic amines) is 1. The van der Waals surface area contributed by atoms with E-state index in [1.54, 1.807) is 23.9 Å². The number of fused-ring (bicyclic) bond motifs is 1. The summed E-state index contributed by atoms with van der Waals surface area (Å²) in [6, 6.07) is 0. The van der Waals surface area contributed by atoms with Crippen molar-refractivity contribution in [3.05, 3.63) is 36.2 Å². The Morgan fingerprint density at radius 2 is 1.94 bits per heavy atom. The summed E-state index contributed by atoms with van der Waals surface area (Å²) < 4.78 is 12.4. The maximum atomic E-state index is 12.6. The van der Waals surface area contributed by atoms with Gasteiger partial charge in [0.25, 0.3) is 11.8 Å². The highest BCUT2D eigenvalue weighted by Crippen LogP contribution is 2.25. The van der Waals surface area contributed by atoms with Gasteiger partial charge in [-0.25, -0.2) is 15.0 Å². The first kappa shape index (κ1) is 20.6.